The molecule has 0 spiro atoms. The molecule has 35 heavy (non-hydrogen) atoms. The van der Waals surface area contributed by atoms with Gasteiger partial charge in [0.15, 0.2) is 5.84 Å². The number of carbonyl (C=O) groups is 1. The van der Waals surface area contributed by atoms with Crippen molar-refractivity contribution in [2.45, 2.75) is 13.8 Å². The molecule has 0 saturated heterocycles. The second-order valence-electron chi connectivity index (χ2n) is 8.05. The molecule has 1 aromatic heterocycles. The van der Waals surface area contributed by atoms with Crippen molar-refractivity contribution in [3.8, 4) is 17.2 Å². The van der Waals surface area contributed by atoms with Gasteiger partial charge >= 0.3 is 0 Å². The van der Waals surface area contributed by atoms with Gasteiger partial charge in [-0.1, -0.05) is 24.3 Å². The van der Waals surface area contributed by atoms with Crippen molar-refractivity contribution in [3.63, 3.8) is 0 Å². The monoisotopic (exact) mass is 485 g/mol. The van der Waals surface area contributed by atoms with E-state index in [4.69, 9.17) is 14.9 Å². The fourth-order valence-corrected chi connectivity index (χ4v) is 4.61. The molecule has 2 aliphatic rings. The average molecular weight is 486 g/mol. The number of fused-ring (bicyclic) bond motifs is 1. The van der Waals surface area contributed by atoms with Gasteiger partial charge in [-0.05, 0) is 73.1 Å². The SMILES string of the molecule is COc1ccc(C)cc1-n1cccc1/C=C1/C(=N)N2N=C(COc3ccccc3C)SC2=NC1=O. The summed E-state index contributed by atoms with van der Waals surface area (Å²) in [5.41, 5.74) is 3.82. The number of hydrazone groups is 1. The summed E-state index contributed by atoms with van der Waals surface area (Å²) in [7, 11) is 1.62. The highest BCUT2D eigenvalue weighted by atomic mass is 32.2. The summed E-state index contributed by atoms with van der Waals surface area (Å²) in [5.74, 6) is 0.966. The zero-order valence-corrected chi connectivity index (χ0v) is 20.3. The van der Waals surface area contributed by atoms with Crippen molar-refractivity contribution in [3.05, 3.63) is 83.2 Å². The van der Waals surface area contributed by atoms with Crippen molar-refractivity contribution >= 4 is 39.8 Å². The first-order chi connectivity index (χ1) is 16.9. The van der Waals surface area contributed by atoms with Gasteiger partial charge in [0.1, 0.15) is 23.1 Å². The van der Waals surface area contributed by atoms with Crippen LogP contribution < -0.4 is 9.47 Å². The first kappa shape index (κ1) is 22.7. The van der Waals surface area contributed by atoms with Crippen molar-refractivity contribution < 1.29 is 14.3 Å². The van der Waals surface area contributed by atoms with Crippen molar-refractivity contribution in [2.24, 2.45) is 10.1 Å². The van der Waals surface area contributed by atoms with Crippen LogP contribution in [0, 0.1) is 19.3 Å². The number of aromatic nitrogens is 1. The standard InChI is InChI=1S/C26H23N5O3S/c1-16-10-11-22(33-3)20(13-16)30-12-6-8-18(30)14-19-24(27)31-26(28-25(19)32)35-23(29-31)15-34-21-9-5-4-7-17(21)2/h4-14,27H,15H2,1-3H3/b19-14-,27-24?. The van der Waals surface area contributed by atoms with Crippen LogP contribution in [0.5, 0.6) is 11.5 Å². The molecule has 2 aliphatic heterocycles. The molecule has 0 bridgehead atoms. The number of benzene rings is 2. The van der Waals surface area contributed by atoms with E-state index in [0.717, 1.165) is 28.3 Å². The molecular weight excluding hydrogens is 462 g/mol. The number of methoxy groups -OCH3 is 1. The maximum Gasteiger partial charge on any atom is 0.283 e. The number of ether oxygens (including phenoxy) is 2. The molecule has 0 fully saturated rings. The van der Waals surface area contributed by atoms with E-state index in [2.05, 4.69) is 10.1 Å². The Morgan fingerprint density at radius 1 is 1.09 bits per heavy atom. The van der Waals surface area contributed by atoms with Gasteiger partial charge < -0.3 is 14.0 Å². The second kappa shape index (κ2) is 9.27. The van der Waals surface area contributed by atoms with E-state index in [1.807, 2.05) is 79.2 Å². The number of para-hydroxylation sites is 1. The highest BCUT2D eigenvalue weighted by molar-refractivity contribution is 8.27. The van der Waals surface area contributed by atoms with Crippen LogP contribution in [0.3, 0.4) is 0 Å². The molecule has 176 valence electrons. The normalized spacial score (nSPS) is 16.3. The quantitative estimate of drug-likeness (QED) is 0.507. The van der Waals surface area contributed by atoms with E-state index in [1.165, 1.54) is 16.8 Å². The van der Waals surface area contributed by atoms with E-state index in [1.54, 1.807) is 13.2 Å². The lowest BCUT2D eigenvalue weighted by Gasteiger charge is -2.20. The first-order valence-electron chi connectivity index (χ1n) is 10.9. The van der Waals surface area contributed by atoms with Gasteiger partial charge in [0.25, 0.3) is 5.91 Å². The van der Waals surface area contributed by atoms with E-state index in [-0.39, 0.29) is 18.0 Å². The van der Waals surface area contributed by atoms with E-state index in [0.29, 0.717) is 16.0 Å². The van der Waals surface area contributed by atoms with Gasteiger partial charge in [0.05, 0.1) is 18.4 Å². The smallest absolute Gasteiger partial charge is 0.283 e. The summed E-state index contributed by atoms with van der Waals surface area (Å²) in [4.78, 5) is 17.1. The molecule has 0 saturated carbocycles. The summed E-state index contributed by atoms with van der Waals surface area (Å²) in [6.45, 7) is 4.20. The minimum atomic E-state index is -0.478. The number of amides is 1. The van der Waals surface area contributed by atoms with Crippen molar-refractivity contribution in [1.29, 1.82) is 5.41 Å². The Morgan fingerprint density at radius 2 is 1.91 bits per heavy atom. The predicted molar refractivity (Wildman–Crippen MR) is 139 cm³/mol. The summed E-state index contributed by atoms with van der Waals surface area (Å²) >= 11 is 1.23. The number of nitrogens with one attached hydrogen (secondary N) is 1. The van der Waals surface area contributed by atoms with Crippen LogP contribution in [-0.2, 0) is 4.79 Å². The van der Waals surface area contributed by atoms with Crippen molar-refractivity contribution in [2.75, 3.05) is 13.7 Å². The van der Waals surface area contributed by atoms with E-state index < -0.39 is 5.91 Å². The maximum absolute atomic E-state index is 12.9. The third-order valence-corrected chi connectivity index (χ3v) is 6.49. The van der Waals surface area contributed by atoms with Gasteiger partial charge in [-0.2, -0.15) is 15.1 Å². The lowest BCUT2D eigenvalue weighted by molar-refractivity contribution is -0.114. The maximum atomic E-state index is 12.9. The molecule has 2 aromatic carbocycles. The van der Waals surface area contributed by atoms with Gasteiger partial charge in [-0.25, -0.2) is 0 Å². The van der Waals surface area contributed by atoms with E-state index >= 15 is 0 Å². The highest BCUT2D eigenvalue weighted by Crippen LogP contribution is 2.31. The lowest BCUT2D eigenvalue weighted by atomic mass is 10.1. The summed E-state index contributed by atoms with van der Waals surface area (Å²) < 4.78 is 13.3. The molecule has 1 amide bonds. The summed E-state index contributed by atoms with van der Waals surface area (Å²) in [6.07, 6.45) is 3.55. The molecule has 0 atom stereocenters. The first-order valence-corrected chi connectivity index (χ1v) is 11.8. The molecule has 9 heteroatoms. The second-order valence-corrected chi connectivity index (χ2v) is 9.09. The Bertz CT molecular complexity index is 1440. The van der Waals surface area contributed by atoms with Crippen LogP contribution in [0.25, 0.3) is 11.8 Å². The number of amidine groups is 2. The fourth-order valence-electron chi connectivity index (χ4n) is 3.82. The third kappa shape index (κ3) is 4.38. The van der Waals surface area contributed by atoms with Gasteiger partial charge in [-0.15, -0.1) is 0 Å². The molecule has 3 heterocycles. The van der Waals surface area contributed by atoms with Gasteiger partial charge in [0.2, 0.25) is 5.17 Å². The van der Waals surface area contributed by atoms with Gasteiger partial charge in [-0.3, -0.25) is 10.2 Å². The molecule has 0 unspecified atom stereocenters. The summed E-state index contributed by atoms with van der Waals surface area (Å²) in [5, 5.41) is 15.5. The Morgan fingerprint density at radius 3 is 2.71 bits per heavy atom. The molecule has 1 N–H and O–H groups in total. The number of nitrogens with zero attached hydrogens (tertiary/aromatic N) is 4. The molecule has 8 nitrogen and oxygen atoms in total. The molecule has 3 aromatic rings. The van der Waals surface area contributed by atoms with Crippen LogP contribution in [0.4, 0.5) is 0 Å². The third-order valence-electron chi connectivity index (χ3n) is 5.61. The van der Waals surface area contributed by atoms with Crippen LogP contribution in [0.1, 0.15) is 16.8 Å². The number of hydrogen-bond donors (Lipinski definition) is 1. The largest absolute Gasteiger partial charge is 0.495 e. The number of aliphatic imine (C=N–C) groups is 1. The zero-order chi connectivity index (χ0) is 24.5. The molecule has 0 aliphatic carbocycles. The molecular formula is C26H23N5O3S. The average Bonchev–Trinajstić information content (AvgIpc) is 3.48. The minimum Gasteiger partial charge on any atom is -0.495 e. The van der Waals surface area contributed by atoms with Crippen LogP contribution in [-0.4, -0.2) is 45.2 Å². The lowest BCUT2D eigenvalue weighted by Crippen LogP contribution is -2.35. The topological polar surface area (TPSA) is 92.3 Å². The van der Waals surface area contributed by atoms with Crippen LogP contribution >= 0.6 is 11.8 Å². The molecule has 0 radical (unpaired) electrons. The Labute approximate surface area is 207 Å². The zero-order valence-electron chi connectivity index (χ0n) is 19.5. The number of carbonyl (C=O) groups excluding carboxylic acids is 1. The Kier molecular flexibility index (Phi) is 6.00. The number of aryl methyl sites for hydroxylation is 2. The highest BCUT2D eigenvalue weighted by Gasteiger charge is 2.36. The minimum absolute atomic E-state index is 0.0256. The number of hydrogen-bond acceptors (Lipinski definition) is 6. The predicted octanol–water partition coefficient (Wildman–Crippen LogP) is 4.80. The summed E-state index contributed by atoms with van der Waals surface area (Å²) in [6, 6.07) is 17.4. The Hall–Kier alpha value is -4.11. The van der Waals surface area contributed by atoms with E-state index in [9.17, 15) is 4.79 Å². The Balaban J connectivity index is 1.42. The van der Waals surface area contributed by atoms with Gasteiger partial charge in [0, 0.05) is 11.9 Å². The fraction of sp³-hybridized carbons (Fsp3) is 0.154. The van der Waals surface area contributed by atoms with Crippen LogP contribution in [0.2, 0.25) is 0 Å². The molecule has 5 rings (SSSR count). The van der Waals surface area contributed by atoms with Crippen molar-refractivity contribution in [1.82, 2.24) is 9.58 Å². The number of thioether (sulfide) groups is 1. The number of rotatable bonds is 6. The van der Waals surface area contributed by atoms with Crippen LogP contribution in [0.15, 0.2) is 76.5 Å².